The monoisotopic (exact) mass is 377 g/mol. The van der Waals surface area contributed by atoms with Gasteiger partial charge < -0.3 is 0 Å². The van der Waals surface area contributed by atoms with Crippen molar-refractivity contribution in [1.29, 1.82) is 0 Å². The zero-order valence-corrected chi connectivity index (χ0v) is 14.3. The Kier molecular flexibility index (Phi) is 5.27. The summed E-state index contributed by atoms with van der Waals surface area (Å²) in [5.41, 5.74) is 2.47. The highest BCUT2D eigenvalue weighted by Crippen LogP contribution is 2.26. The minimum Gasteiger partial charge on any atom is -0.294 e. The first kappa shape index (κ1) is 14.5. The molecule has 1 aliphatic heterocycles. The molecule has 1 aliphatic rings. The molecule has 0 spiro atoms. The van der Waals surface area contributed by atoms with Crippen molar-refractivity contribution in [3.05, 3.63) is 15.9 Å². The Hall–Kier alpha value is 0.130. The van der Waals surface area contributed by atoms with Gasteiger partial charge >= 0.3 is 0 Å². The molecule has 1 atom stereocenters. The lowest BCUT2D eigenvalue weighted by Crippen LogP contribution is -2.40. The number of alkyl halides is 1. The summed E-state index contributed by atoms with van der Waals surface area (Å²) >= 11 is 7.35. The fourth-order valence-electron chi connectivity index (χ4n) is 2.63. The van der Waals surface area contributed by atoms with Crippen molar-refractivity contribution in [3.8, 4) is 0 Å². The van der Waals surface area contributed by atoms with E-state index in [2.05, 4.69) is 48.8 Å². The number of aromatic nitrogens is 2. The summed E-state index contributed by atoms with van der Waals surface area (Å²) in [4.78, 5) is 2.58. The molecule has 3 nitrogen and oxygen atoms in total. The number of hydrogen-bond acceptors (Lipinski definition) is 2. The van der Waals surface area contributed by atoms with Crippen LogP contribution in [0, 0.1) is 0 Å². The lowest BCUT2D eigenvalue weighted by molar-refractivity contribution is 0.152. The van der Waals surface area contributed by atoms with E-state index in [1.807, 2.05) is 11.7 Å². The second kappa shape index (κ2) is 6.53. The van der Waals surface area contributed by atoms with Crippen LogP contribution in [0.5, 0.6) is 0 Å². The van der Waals surface area contributed by atoms with E-state index in [9.17, 15) is 0 Å². The van der Waals surface area contributed by atoms with E-state index in [0.29, 0.717) is 6.04 Å². The molecular formula is C13H21Br2N3. The van der Waals surface area contributed by atoms with Gasteiger partial charge in [-0.05, 0) is 41.7 Å². The lowest BCUT2D eigenvalue weighted by atomic mass is 10.0. The van der Waals surface area contributed by atoms with E-state index in [-0.39, 0.29) is 0 Å². The molecule has 0 amide bonds. The van der Waals surface area contributed by atoms with E-state index in [0.717, 1.165) is 18.3 Å². The number of likely N-dealkylation sites (tertiary alicyclic amines) is 1. The second-order valence-corrected chi connectivity index (χ2v) is 6.40. The third kappa shape index (κ3) is 2.99. The SMILES string of the molecule is CCc1nn(C)c(CN2CCCCC2CBr)c1Br. The molecule has 1 aromatic heterocycles. The van der Waals surface area contributed by atoms with Crippen molar-refractivity contribution >= 4 is 31.9 Å². The summed E-state index contributed by atoms with van der Waals surface area (Å²) in [6.07, 6.45) is 4.97. The van der Waals surface area contributed by atoms with Gasteiger partial charge in [-0.1, -0.05) is 29.3 Å². The lowest BCUT2D eigenvalue weighted by Gasteiger charge is -2.34. The van der Waals surface area contributed by atoms with Gasteiger partial charge in [0, 0.05) is 25.0 Å². The first-order valence-corrected chi connectivity index (χ1v) is 8.59. The smallest absolute Gasteiger partial charge is 0.0767 e. The van der Waals surface area contributed by atoms with Crippen LogP contribution in [0.2, 0.25) is 0 Å². The molecule has 0 aliphatic carbocycles. The van der Waals surface area contributed by atoms with Gasteiger partial charge in [0.15, 0.2) is 0 Å². The van der Waals surface area contributed by atoms with Crippen LogP contribution in [0.25, 0.3) is 0 Å². The molecule has 18 heavy (non-hydrogen) atoms. The predicted octanol–water partition coefficient (Wildman–Crippen LogP) is 3.49. The van der Waals surface area contributed by atoms with Crippen LogP contribution >= 0.6 is 31.9 Å². The van der Waals surface area contributed by atoms with Gasteiger partial charge in [0.05, 0.1) is 15.9 Å². The zero-order chi connectivity index (χ0) is 13.1. The molecule has 102 valence electrons. The summed E-state index contributed by atoms with van der Waals surface area (Å²) in [7, 11) is 2.05. The van der Waals surface area contributed by atoms with Gasteiger partial charge in [0.2, 0.25) is 0 Å². The van der Waals surface area contributed by atoms with Gasteiger partial charge in [-0.15, -0.1) is 0 Å². The Morgan fingerprint density at radius 2 is 2.17 bits per heavy atom. The van der Waals surface area contributed by atoms with Crippen molar-refractivity contribution in [2.24, 2.45) is 7.05 Å². The molecule has 0 N–H and O–H groups in total. The number of aryl methyl sites for hydroxylation is 2. The van der Waals surface area contributed by atoms with E-state index < -0.39 is 0 Å². The molecule has 1 aromatic rings. The highest BCUT2D eigenvalue weighted by molar-refractivity contribution is 9.10. The van der Waals surface area contributed by atoms with Gasteiger partial charge in [0.25, 0.3) is 0 Å². The Morgan fingerprint density at radius 3 is 2.78 bits per heavy atom. The third-order valence-corrected chi connectivity index (χ3v) is 5.45. The average Bonchev–Trinajstić information content (AvgIpc) is 2.66. The maximum atomic E-state index is 4.58. The highest BCUT2D eigenvalue weighted by Gasteiger charge is 2.24. The fraction of sp³-hybridized carbons (Fsp3) is 0.769. The van der Waals surface area contributed by atoms with Crippen molar-refractivity contribution in [3.63, 3.8) is 0 Å². The Balaban J connectivity index is 2.15. The summed E-state index contributed by atoms with van der Waals surface area (Å²) in [6, 6.07) is 0.672. The minimum atomic E-state index is 0.672. The van der Waals surface area contributed by atoms with E-state index >= 15 is 0 Å². The Morgan fingerprint density at radius 1 is 1.39 bits per heavy atom. The van der Waals surface area contributed by atoms with Crippen molar-refractivity contribution in [1.82, 2.24) is 14.7 Å². The summed E-state index contributed by atoms with van der Waals surface area (Å²) in [5, 5.41) is 5.65. The number of hydrogen-bond donors (Lipinski definition) is 0. The largest absolute Gasteiger partial charge is 0.294 e. The van der Waals surface area contributed by atoms with Crippen LogP contribution < -0.4 is 0 Å². The Bertz CT molecular complexity index is 403. The number of piperidine rings is 1. The Labute approximate surface area is 126 Å². The van der Waals surface area contributed by atoms with Crippen molar-refractivity contribution in [2.45, 2.75) is 45.2 Å². The van der Waals surface area contributed by atoms with Gasteiger partial charge in [-0.25, -0.2) is 0 Å². The quantitative estimate of drug-likeness (QED) is 0.747. The maximum Gasteiger partial charge on any atom is 0.0767 e. The maximum absolute atomic E-state index is 4.58. The van der Waals surface area contributed by atoms with Crippen LogP contribution in [-0.2, 0) is 20.0 Å². The van der Waals surface area contributed by atoms with Crippen LogP contribution in [0.3, 0.4) is 0 Å². The summed E-state index contributed by atoms with van der Waals surface area (Å²) in [6.45, 7) is 4.36. The molecule has 1 fully saturated rings. The first-order chi connectivity index (χ1) is 8.67. The molecule has 1 saturated heterocycles. The van der Waals surface area contributed by atoms with Crippen LogP contribution in [0.4, 0.5) is 0 Å². The van der Waals surface area contributed by atoms with Crippen LogP contribution in [0.1, 0.15) is 37.6 Å². The standard InChI is InChI=1S/C13H21Br2N3/c1-3-11-13(15)12(17(2)16-11)9-18-7-5-4-6-10(18)8-14/h10H,3-9H2,1-2H3. The van der Waals surface area contributed by atoms with E-state index in [1.54, 1.807) is 0 Å². The van der Waals surface area contributed by atoms with Gasteiger partial charge in [-0.3, -0.25) is 9.58 Å². The van der Waals surface area contributed by atoms with Crippen LogP contribution in [-0.4, -0.2) is 32.6 Å². The molecule has 2 rings (SSSR count). The normalized spacial score (nSPS) is 21.4. The molecule has 0 aromatic carbocycles. The minimum absolute atomic E-state index is 0.672. The molecule has 2 heterocycles. The topological polar surface area (TPSA) is 21.1 Å². The molecule has 5 heteroatoms. The molecule has 0 radical (unpaired) electrons. The summed E-state index contributed by atoms with van der Waals surface area (Å²) in [5.74, 6) is 0. The number of nitrogens with zero attached hydrogens (tertiary/aromatic N) is 3. The zero-order valence-electron chi connectivity index (χ0n) is 11.1. The first-order valence-electron chi connectivity index (χ1n) is 6.67. The van der Waals surface area contributed by atoms with E-state index in [1.165, 1.54) is 41.7 Å². The highest BCUT2D eigenvalue weighted by atomic mass is 79.9. The predicted molar refractivity (Wildman–Crippen MR) is 82.1 cm³/mol. The molecule has 0 bridgehead atoms. The second-order valence-electron chi connectivity index (χ2n) is 4.96. The number of halogens is 2. The molecule has 1 unspecified atom stereocenters. The molecular weight excluding hydrogens is 358 g/mol. The van der Waals surface area contributed by atoms with Gasteiger partial charge in [-0.2, -0.15) is 5.10 Å². The van der Waals surface area contributed by atoms with E-state index in [4.69, 9.17) is 0 Å². The van der Waals surface area contributed by atoms with Crippen molar-refractivity contribution < 1.29 is 0 Å². The summed E-state index contributed by atoms with van der Waals surface area (Å²) < 4.78 is 3.23. The molecule has 0 saturated carbocycles. The fourth-order valence-corrected chi connectivity index (χ4v) is 4.10. The van der Waals surface area contributed by atoms with Crippen molar-refractivity contribution in [2.75, 3.05) is 11.9 Å². The average molecular weight is 379 g/mol. The third-order valence-electron chi connectivity index (χ3n) is 3.78. The van der Waals surface area contributed by atoms with Gasteiger partial charge in [0.1, 0.15) is 0 Å². The van der Waals surface area contributed by atoms with Crippen LogP contribution in [0.15, 0.2) is 4.47 Å². The number of rotatable bonds is 4.